The first-order valence-corrected chi connectivity index (χ1v) is 9.13. The van der Waals surface area contributed by atoms with Gasteiger partial charge in [-0.2, -0.15) is 4.98 Å². The molecule has 0 radical (unpaired) electrons. The van der Waals surface area contributed by atoms with E-state index in [0.29, 0.717) is 18.2 Å². The van der Waals surface area contributed by atoms with Gasteiger partial charge in [-0.1, -0.05) is 23.7 Å². The minimum absolute atomic E-state index is 0.135. The first-order chi connectivity index (χ1) is 13.7. The molecule has 1 saturated carbocycles. The number of alkyl halides is 3. The van der Waals surface area contributed by atoms with Gasteiger partial charge in [-0.3, -0.25) is 4.57 Å². The number of hydrogen-bond acceptors (Lipinski definition) is 5. The minimum atomic E-state index is -4.88. The lowest BCUT2D eigenvalue weighted by molar-refractivity contribution is -0.274. The normalized spacial score (nSPS) is 19.1. The molecule has 6 nitrogen and oxygen atoms in total. The zero-order valence-corrected chi connectivity index (χ0v) is 15.5. The Hall–Kier alpha value is -2.78. The SMILES string of the molecule is O=c1nc(N[C@H]2CC[C@@H]2O)c2ccc(OC(F)(F)F)cc2n1-c1ccccc1Cl. The maximum absolute atomic E-state index is 12.8. The maximum Gasteiger partial charge on any atom is 0.573 e. The molecule has 0 bridgehead atoms. The van der Waals surface area contributed by atoms with Crippen LogP contribution in [0, 0.1) is 0 Å². The number of aliphatic hydroxyl groups is 1. The summed E-state index contributed by atoms with van der Waals surface area (Å²) in [5, 5.41) is 13.4. The highest BCUT2D eigenvalue weighted by Crippen LogP contribution is 2.32. The Labute approximate surface area is 167 Å². The van der Waals surface area contributed by atoms with Gasteiger partial charge in [0, 0.05) is 11.5 Å². The van der Waals surface area contributed by atoms with Crippen molar-refractivity contribution in [2.75, 3.05) is 5.32 Å². The van der Waals surface area contributed by atoms with Crippen LogP contribution in [-0.4, -0.2) is 33.2 Å². The molecule has 2 atom stereocenters. The molecule has 152 valence electrons. The molecule has 2 N–H and O–H groups in total. The summed E-state index contributed by atoms with van der Waals surface area (Å²) >= 11 is 6.20. The fourth-order valence-electron chi connectivity index (χ4n) is 3.21. The van der Waals surface area contributed by atoms with Crippen molar-refractivity contribution < 1.29 is 23.0 Å². The molecule has 0 aliphatic heterocycles. The highest BCUT2D eigenvalue weighted by molar-refractivity contribution is 6.32. The van der Waals surface area contributed by atoms with Crippen molar-refractivity contribution in [2.24, 2.45) is 0 Å². The summed E-state index contributed by atoms with van der Waals surface area (Å²) < 4.78 is 43.2. The summed E-state index contributed by atoms with van der Waals surface area (Å²) in [5.74, 6) is -0.304. The number of benzene rings is 2. The molecule has 0 spiro atoms. The van der Waals surface area contributed by atoms with Crippen LogP contribution in [0.3, 0.4) is 0 Å². The molecule has 3 aromatic rings. The van der Waals surface area contributed by atoms with E-state index in [-0.39, 0.29) is 28.1 Å². The standard InChI is InChI=1S/C19H15ClF3N3O3/c20-12-3-1-2-4-14(12)26-15-9-10(29-19(21,22)23)5-6-11(15)17(25-18(26)28)24-13-7-8-16(13)27/h1-6,9,13,16,27H,7-8H2,(H,24,25,28)/t13-,16-/m0/s1. The Balaban J connectivity index is 1.93. The van der Waals surface area contributed by atoms with Crippen LogP contribution in [0.5, 0.6) is 5.75 Å². The number of hydrogen-bond donors (Lipinski definition) is 2. The predicted octanol–water partition coefficient (Wildman–Crippen LogP) is 3.87. The van der Waals surface area contributed by atoms with Crippen molar-refractivity contribution in [2.45, 2.75) is 31.3 Å². The first kappa shape index (κ1) is 19.5. The van der Waals surface area contributed by atoms with Crippen molar-refractivity contribution >= 4 is 28.3 Å². The lowest BCUT2D eigenvalue weighted by Gasteiger charge is -2.33. The average Bonchev–Trinajstić information content (AvgIpc) is 2.64. The van der Waals surface area contributed by atoms with Crippen LogP contribution in [0.15, 0.2) is 47.3 Å². The molecular weight excluding hydrogens is 411 g/mol. The fourth-order valence-corrected chi connectivity index (χ4v) is 3.43. The fraction of sp³-hybridized carbons (Fsp3) is 0.263. The van der Waals surface area contributed by atoms with E-state index in [1.165, 1.54) is 6.07 Å². The Morgan fingerprint density at radius 1 is 1.21 bits per heavy atom. The van der Waals surface area contributed by atoms with Crippen LogP contribution in [0.1, 0.15) is 12.8 Å². The number of nitrogens with zero attached hydrogens (tertiary/aromatic N) is 2. The molecular formula is C19H15ClF3N3O3. The molecule has 10 heteroatoms. The van der Waals surface area contributed by atoms with E-state index in [1.807, 2.05) is 0 Å². The molecule has 1 fully saturated rings. The summed E-state index contributed by atoms with van der Waals surface area (Å²) in [7, 11) is 0. The van der Waals surface area contributed by atoms with Crippen molar-refractivity contribution in [1.29, 1.82) is 0 Å². The van der Waals surface area contributed by atoms with Crippen molar-refractivity contribution in [3.05, 3.63) is 58.0 Å². The summed E-state index contributed by atoms with van der Waals surface area (Å²) in [4.78, 5) is 16.8. The highest BCUT2D eigenvalue weighted by Gasteiger charge is 2.32. The number of nitrogens with one attached hydrogen (secondary N) is 1. The molecule has 0 saturated heterocycles. The van der Waals surface area contributed by atoms with Gasteiger partial charge in [-0.25, -0.2) is 4.79 Å². The smallest absolute Gasteiger partial charge is 0.406 e. The average molecular weight is 426 g/mol. The Morgan fingerprint density at radius 3 is 2.59 bits per heavy atom. The van der Waals surface area contributed by atoms with Gasteiger partial charge in [0.15, 0.2) is 0 Å². The zero-order chi connectivity index (χ0) is 20.8. The van der Waals surface area contributed by atoms with Gasteiger partial charge in [0.25, 0.3) is 0 Å². The van der Waals surface area contributed by atoms with Gasteiger partial charge in [0.1, 0.15) is 11.6 Å². The summed E-state index contributed by atoms with van der Waals surface area (Å²) in [5.41, 5.74) is -0.321. The summed E-state index contributed by atoms with van der Waals surface area (Å²) in [6, 6.07) is 9.77. The number of para-hydroxylation sites is 1. The minimum Gasteiger partial charge on any atom is -0.406 e. The number of ether oxygens (including phenoxy) is 1. The molecule has 0 amide bonds. The van der Waals surface area contributed by atoms with E-state index >= 15 is 0 Å². The van der Waals surface area contributed by atoms with E-state index in [1.54, 1.807) is 24.3 Å². The molecule has 1 aliphatic carbocycles. The third-order valence-corrected chi connectivity index (χ3v) is 5.07. The molecule has 29 heavy (non-hydrogen) atoms. The summed E-state index contributed by atoms with van der Waals surface area (Å²) in [6.45, 7) is 0. The molecule has 1 heterocycles. The van der Waals surface area contributed by atoms with Gasteiger partial charge in [0.05, 0.1) is 28.4 Å². The number of anilines is 1. The van der Waals surface area contributed by atoms with Gasteiger partial charge in [-0.05, 0) is 37.1 Å². The monoisotopic (exact) mass is 425 g/mol. The van der Waals surface area contributed by atoms with Crippen LogP contribution in [0.4, 0.5) is 19.0 Å². The number of aliphatic hydroxyl groups excluding tert-OH is 1. The van der Waals surface area contributed by atoms with E-state index in [4.69, 9.17) is 11.6 Å². The lowest BCUT2D eigenvalue weighted by Crippen LogP contribution is -2.43. The van der Waals surface area contributed by atoms with Crippen LogP contribution >= 0.6 is 11.6 Å². The number of rotatable bonds is 4. The van der Waals surface area contributed by atoms with Crippen LogP contribution < -0.4 is 15.7 Å². The van der Waals surface area contributed by atoms with E-state index < -0.39 is 23.9 Å². The number of fused-ring (bicyclic) bond motifs is 1. The van der Waals surface area contributed by atoms with Gasteiger partial charge >= 0.3 is 12.1 Å². The zero-order valence-electron chi connectivity index (χ0n) is 14.8. The largest absolute Gasteiger partial charge is 0.573 e. The third kappa shape index (κ3) is 3.88. The molecule has 0 unspecified atom stereocenters. The van der Waals surface area contributed by atoms with Crippen molar-refractivity contribution in [1.82, 2.24) is 9.55 Å². The number of halogens is 4. The maximum atomic E-state index is 12.8. The van der Waals surface area contributed by atoms with E-state index in [9.17, 15) is 23.1 Å². The quantitative estimate of drug-likeness (QED) is 0.663. The van der Waals surface area contributed by atoms with Crippen LogP contribution in [0.25, 0.3) is 16.6 Å². The summed E-state index contributed by atoms with van der Waals surface area (Å²) in [6.07, 6.45) is -4.15. The lowest BCUT2D eigenvalue weighted by atomic mass is 9.89. The second-order valence-electron chi connectivity index (χ2n) is 6.65. The molecule has 1 aliphatic rings. The predicted molar refractivity (Wildman–Crippen MR) is 102 cm³/mol. The van der Waals surface area contributed by atoms with Crippen molar-refractivity contribution in [3.63, 3.8) is 0 Å². The van der Waals surface area contributed by atoms with Gasteiger partial charge in [-0.15, -0.1) is 13.2 Å². The van der Waals surface area contributed by atoms with Gasteiger partial charge < -0.3 is 15.2 Å². The molecule has 1 aromatic heterocycles. The van der Waals surface area contributed by atoms with Gasteiger partial charge in [0.2, 0.25) is 0 Å². The third-order valence-electron chi connectivity index (χ3n) is 4.75. The highest BCUT2D eigenvalue weighted by atomic mass is 35.5. The van der Waals surface area contributed by atoms with E-state index in [2.05, 4.69) is 15.0 Å². The second-order valence-corrected chi connectivity index (χ2v) is 7.06. The van der Waals surface area contributed by atoms with Crippen molar-refractivity contribution in [3.8, 4) is 11.4 Å². The second kappa shape index (κ2) is 7.23. The van der Waals surface area contributed by atoms with Crippen LogP contribution in [0.2, 0.25) is 5.02 Å². The molecule has 2 aromatic carbocycles. The Bertz CT molecular complexity index is 1130. The van der Waals surface area contributed by atoms with E-state index in [0.717, 1.165) is 16.7 Å². The first-order valence-electron chi connectivity index (χ1n) is 8.75. The molecule has 4 rings (SSSR count). The van der Waals surface area contributed by atoms with Crippen LogP contribution in [-0.2, 0) is 0 Å². The Morgan fingerprint density at radius 2 is 1.97 bits per heavy atom. The Kier molecular flexibility index (Phi) is 4.87. The topological polar surface area (TPSA) is 76.4 Å². The number of aromatic nitrogens is 2.